The number of halogens is 2. The van der Waals surface area contributed by atoms with Crippen LogP contribution in [0.25, 0.3) is 11.4 Å². The number of fused-ring (bicyclic) bond motifs is 2. The van der Waals surface area contributed by atoms with E-state index in [9.17, 15) is 0 Å². The highest BCUT2D eigenvalue weighted by atomic mass is 35.5. The van der Waals surface area contributed by atoms with Gasteiger partial charge in [0.1, 0.15) is 18.4 Å². The lowest BCUT2D eigenvalue weighted by Gasteiger charge is -2.20. The standard InChI is InChI=1S/C15H12Cl2N2O2/c16-10-6-8(7-12-13(10)21-5-4-20-12)15-18-11-3-1-2-9(11)14(17)19-15/h6-7H,1-5H2. The maximum Gasteiger partial charge on any atom is 0.179 e. The van der Waals surface area contributed by atoms with Crippen LogP contribution < -0.4 is 9.47 Å². The summed E-state index contributed by atoms with van der Waals surface area (Å²) in [5.41, 5.74) is 2.90. The second-order valence-corrected chi connectivity index (χ2v) is 5.86. The van der Waals surface area contributed by atoms with Crippen LogP contribution in [-0.4, -0.2) is 23.2 Å². The van der Waals surface area contributed by atoms with Crippen molar-refractivity contribution in [1.29, 1.82) is 0 Å². The SMILES string of the molecule is Clc1cc(-c2nc(Cl)c3c(n2)CCC3)cc2c1OCCO2. The van der Waals surface area contributed by atoms with Crippen molar-refractivity contribution < 1.29 is 9.47 Å². The number of aromatic nitrogens is 2. The van der Waals surface area contributed by atoms with Crippen molar-refractivity contribution in [2.24, 2.45) is 0 Å². The van der Waals surface area contributed by atoms with Crippen LogP contribution in [0.1, 0.15) is 17.7 Å². The van der Waals surface area contributed by atoms with Crippen molar-refractivity contribution in [3.05, 3.63) is 33.6 Å². The average molecular weight is 323 g/mol. The summed E-state index contributed by atoms with van der Waals surface area (Å²) in [6.45, 7) is 1.02. The van der Waals surface area contributed by atoms with E-state index in [1.54, 1.807) is 6.07 Å². The third-order valence-electron chi connectivity index (χ3n) is 3.74. The van der Waals surface area contributed by atoms with Gasteiger partial charge in [-0.1, -0.05) is 23.2 Å². The summed E-state index contributed by atoms with van der Waals surface area (Å²) >= 11 is 12.5. The van der Waals surface area contributed by atoms with Crippen LogP contribution in [0.3, 0.4) is 0 Å². The topological polar surface area (TPSA) is 44.2 Å². The summed E-state index contributed by atoms with van der Waals surface area (Å²) in [5, 5.41) is 1.04. The molecule has 21 heavy (non-hydrogen) atoms. The zero-order chi connectivity index (χ0) is 14.4. The van der Waals surface area contributed by atoms with E-state index < -0.39 is 0 Å². The molecule has 2 aromatic rings. The number of hydrogen-bond acceptors (Lipinski definition) is 4. The molecule has 0 atom stereocenters. The summed E-state index contributed by atoms with van der Waals surface area (Å²) in [6.07, 6.45) is 2.98. The molecular weight excluding hydrogens is 311 g/mol. The Morgan fingerprint density at radius 1 is 1.00 bits per heavy atom. The molecule has 2 heterocycles. The van der Waals surface area contributed by atoms with E-state index in [1.165, 1.54) is 0 Å². The minimum Gasteiger partial charge on any atom is -0.486 e. The van der Waals surface area contributed by atoms with Crippen LogP contribution in [-0.2, 0) is 12.8 Å². The molecule has 0 fully saturated rings. The first kappa shape index (κ1) is 13.2. The third kappa shape index (κ3) is 2.23. The minimum absolute atomic E-state index is 0.502. The largest absolute Gasteiger partial charge is 0.486 e. The molecule has 0 bridgehead atoms. The Bertz CT molecular complexity index is 734. The van der Waals surface area contributed by atoms with E-state index in [1.807, 2.05) is 6.07 Å². The van der Waals surface area contributed by atoms with E-state index in [0.717, 1.165) is 36.1 Å². The van der Waals surface area contributed by atoms with Gasteiger partial charge in [-0.05, 0) is 31.4 Å². The van der Waals surface area contributed by atoms with Crippen molar-refractivity contribution >= 4 is 23.2 Å². The van der Waals surface area contributed by atoms with Crippen molar-refractivity contribution in [1.82, 2.24) is 9.97 Å². The van der Waals surface area contributed by atoms with E-state index in [0.29, 0.717) is 40.7 Å². The van der Waals surface area contributed by atoms with Gasteiger partial charge in [0.25, 0.3) is 0 Å². The van der Waals surface area contributed by atoms with Crippen LogP contribution in [0.15, 0.2) is 12.1 Å². The van der Waals surface area contributed by atoms with Crippen LogP contribution in [0.4, 0.5) is 0 Å². The van der Waals surface area contributed by atoms with E-state index >= 15 is 0 Å². The van der Waals surface area contributed by atoms with Crippen LogP contribution >= 0.6 is 23.2 Å². The molecular formula is C15H12Cl2N2O2. The van der Waals surface area contributed by atoms with Gasteiger partial charge in [0.2, 0.25) is 0 Å². The molecule has 1 aromatic heterocycles. The maximum absolute atomic E-state index is 6.27. The second kappa shape index (κ2) is 5.04. The fraction of sp³-hybridized carbons (Fsp3) is 0.333. The van der Waals surface area contributed by atoms with Gasteiger partial charge in [0.15, 0.2) is 17.3 Å². The van der Waals surface area contributed by atoms with E-state index in [2.05, 4.69) is 9.97 Å². The molecule has 1 aromatic carbocycles. The summed E-state index contributed by atoms with van der Waals surface area (Å²) < 4.78 is 11.1. The van der Waals surface area contributed by atoms with Gasteiger partial charge in [0, 0.05) is 16.8 Å². The molecule has 0 unspecified atom stereocenters. The maximum atomic E-state index is 6.27. The molecule has 108 valence electrons. The molecule has 0 saturated heterocycles. The molecule has 1 aliphatic carbocycles. The average Bonchev–Trinajstić information content (AvgIpc) is 2.96. The van der Waals surface area contributed by atoms with Crippen LogP contribution in [0.2, 0.25) is 10.2 Å². The Morgan fingerprint density at radius 2 is 1.86 bits per heavy atom. The molecule has 2 aliphatic rings. The second-order valence-electron chi connectivity index (χ2n) is 5.10. The molecule has 1 aliphatic heterocycles. The highest BCUT2D eigenvalue weighted by Crippen LogP contribution is 2.41. The Kier molecular flexibility index (Phi) is 3.16. The predicted molar refractivity (Wildman–Crippen MR) is 80.5 cm³/mol. The summed E-state index contributed by atoms with van der Waals surface area (Å²) in [5.74, 6) is 1.79. The van der Waals surface area contributed by atoms with Gasteiger partial charge < -0.3 is 9.47 Å². The summed E-state index contributed by atoms with van der Waals surface area (Å²) in [7, 11) is 0. The number of hydrogen-bond donors (Lipinski definition) is 0. The molecule has 0 radical (unpaired) electrons. The lowest BCUT2D eigenvalue weighted by atomic mass is 10.1. The number of rotatable bonds is 1. The minimum atomic E-state index is 0.502. The van der Waals surface area contributed by atoms with Crippen molar-refractivity contribution in [2.75, 3.05) is 13.2 Å². The Labute approximate surface area is 132 Å². The smallest absolute Gasteiger partial charge is 0.179 e. The highest BCUT2D eigenvalue weighted by Gasteiger charge is 2.21. The van der Waals surface area contributed by atoms with Gasteiger partial charge >= 0.3 is 0 Å². The lowest BCUT2D eigenvalue weighted by molar-refractivity contribution is 0.172. The van der Waals surface area contributed by atoms with Crippen molar-refractivity contribution in [3.63, 3.8) is 0 Å². The first-order valence-electron chi connectivity index (χ1n) is 6.87. The van der Waals surface area contributed by atoms with Crippen LogP contribution in [0.5, 0.6) is 11.5 Å². The van der Waals surface area contributed by atoms with Gasteiger partial charge in [0.05, 0.1) is 5.02 Å². The molecule has 0 saturated carbocycles. The number of nitrogens with zero attached hydrogens (tertiary/aromatic N) is 2. The van der Waals surface area contributed by atoms with Crippen molar-refractivity contribution in [3.8, 4) is 22.9 Å². The Balaban J connectivity index is 1.84. The van der Waals surface area contributed by atoms with Crippen molar-refractivity contribution in [2.45, 2.75) is 19.3 Å². The van der Waals surface area contributed by atoms with E-state index in [4.69, 9.17) is 32.7 Å². The van der Waals surface area contributed by atoms with Crippen LogP contribution in [0, 0.1) is 0 Å². The summed E-state index contributed by atoms with van der Waals surface area (Å²) in [6, 6.07) is 3.65. The zero-order valence-electron chi connectivity index (χ0n) is 11.2. The first-order chi connectivity index (χ1) is 10.2. The number of ether oxygens (including phenoxy) is 2. The van der Waals surface area contributed by atoms with E-state index in [-0.39, 0.29) is 0 Å². The number of aryl methyl sites for hydroxylation is 1. The normalized spacial score (nSPS) is 15.9. The first-order valence-corrected chi connectivity index (χ1v) is 7.63. The highest BCUT2D eigenvalue weighted by molar-refractivity contribution is 6.32. The molecule has 4 nitrogen and oxygen atoms in total. The molecule has 0 amide bonds. The molecule has 4 rings (SSSR count). The predicted octanol–water partition coefficient (Wildman–Crippen LogP) is 3.71. The lowest BCUT2D eigenvalue weighted by Crippen LogP contribution is -2.15. The quantitative estimate of drug-likeness (QED) is 0.751. The molecule has 0 spiro atoms. The monoisotopic (exact) mass is 322 g/mol. The molecule has 0 N–H and O–H groups in total. The summed E-state index contributed by atoms with van der Waals surface area (Å²) in [4.78, 5) is 9.03. The molecule has 6 heteroatoms. The van der Waals surface area contributed by atoms with Gasteiger partial charge in [-0.15, -0.1) is 0 Å². The van der Waals surface area contributed by atoms with Gasteiger partial charge in [-0.25, -0.2) is 9.97 Å². The third-order valence-corrected chi connectivity index (χ3v) is 4.33. The van der Waals surface area contributed by atoms with Gasteiger partial charge in [-0.3, -0.25) is 0 Å². The zero-order valence-corrected chi connectivity index (χ0v) is 12.7. The Morgan fingerprint density at radius 3 is 2.76 bits per heavy atom. The fourth-order valence-electron chi connectivity index (χ4n) is 2.76. The number of benzene rings is 1. The van der Waals surface area contributed by atoms with Gasteiger partial charge in [-0.2, -0.15) is 0 Å². The Hall–Kier alpha value is -1.52. The fourth-order valence-corrected chi connectivity index (χ4v) is 3.30.